The first kappa shape index (κ1) is 6.54. The van der Waals surface area contributed by atoms with Crippen LogP contribution in [0.5, 0.6) is 0 Å². The Labute approximate surface area is 56.4 Å². The summed E-state index contributed by atoms with van der Waals surface area (Å²) in [6.07, 6.45) is 3.28. The Bertz CT molecular complexity index is 236. The van der Waals surface area contributed by atoms with Crippen molar-refractivity contribution >= 4 is 11.9 Å². The lowest BCUT2D eigenvalue weighted by molar-refractivity contribution is -0.132. The Kier molecular flexibility index (Phi) is 1.53. The number of carbonyl (C=O) groups excluding carboxylic acids is 1. The van der Waals surface area contributed by atoms with Crippen LogP contribution in [0, 0.1) is 0 Å². The van der Waals surface area contributed by atoms with E-state index in [0.717, 1.165) is 12.2 Å². The smallest absolute Gasteiger partial charge is 0.336 e. The second-order valence-electron chi connectivity index (χ2n) is 1.64. The zero-order valence-electron chi connectivity index (χ0n) is 4.90. The molecule has 0 radical (unpaired) electrons. The SMILES string of the molecule is O=C(O)/C=C1/C=CC(=O)O1. The van der Waals surface area contributed by atoms with Crippen molar-refractivity contribution in [3.63, 3.8) is 0 Å². The average Bonchev–Trinajstić information content (AvgIpc) is 2.13. The maximum Gasteiger partial charge on any atom is 0.336 e. The van der Waals surface area contributed by atoms with Gasteiger partial charge in [-0.3, -0.25) is 0 Å². The summed E-state index contributed by atoms with van der Waals surface area (Å²) in [7, 11) is 0. The van der Waals surface area contributed by atoms with Crippen LogP contribution in [0.1, 0.15) is 0 Å². The molecule has 1 heterocycles. The predicted molar refractivity (Wildman–Crippen MR) is 31.0 cm³/mol. The van der Waals surface area contributed by atoms with E-state index in [4.69, 9.17) is 5.11 Å². The van der Waals surface area contributed by atoms with Gasteiger partial charge in [-0.2, -0.15) is 0 Å². The number of allylic oxidation sites excluding steroid dienone is 1. The van der Waals surface area contributed by atoms with Crippen LogP contribution < -0.4 is 0 Å². The Hall–Kier alpha value is -1.58. The highest BCUT2D eigenvalue weighted by Gasteiger charge is 2.09. The Morgan fingerprint density at radius 3 is 2.70 bits per heavy atom. The van der Waals surface area contributed by atoms with Crippen molar-refractivity contribution in [3.8, 4) is 0 Å². The third-order valence-corrected chi connectivity index (χ3v) is 0.868. The molecule has 0 amide bonds. The first-order valence-electron chi connectivity index (χ1n) is 2.53. The van der Waals surface area contributed by atoms with Crippen molar-refractivity contribution < 1.29 is 19.4 Å². The van der Waals surface area contributed by atoms with E-state index in [1.54, 1.807) is 0 Å². The van der Waals surface area contributed by atoms with Gasteiger partial charge >= 0.3 is 11.9 Å². The molecule has 1 aliphatic rings. The number of cyclic esters (lactones) is 1. The van der Waals surface area contributed by atoms with Crippen molar-refractivity contribution in [1.29, 1.82) is 0 Å². The molecule has 52 valence electrons. The standard InChI is InChI=1S/C6H4O4/c7-5(8)3-4-1-2-6(9)10-4/h1-3H,(H,7,8)/b4-3-. The minimum absolute atomic E-state index is 0.0671. The molecule has 0 aromatic carbocycles. The first-order chi connectivity index (χ1) is 4.68. The highest BCUT2D eigenvalue weighted by molar-refractivity contribution is 5.89. The second kappa shape index (κ2) is 2.34. The van der Waals surface area contributed by atoms with Gasteiger partial charge in [-0.05, 0) is 6.08 Å². The molecule has 10 heavy (non-hydrogen) atoms. The van der Waals surface area contributed by atoms with Gasteiger partial charge in [0.05, 0.1) is 6.08 Å². The van der Waals surface area contributed by atoms with Crippen molar-refractivity contribution in [3.05, 3.63) is 24.0 Å². The molecule has 0 atom stereocenters. The summed E-state index contributed by atoms with van der Waals surface area (Å²) in [5.74, 6) is -1.60. The van der Waals surface area contributed by atoms with Gasteiger partial charge in [-0.1, -0.05) is 0 Å². The zero-order chi connectivity index (χ0) is 7.56. The van der Waals surface area contributed by atoms with Crippen LogP contribution in [0.3, 0.4) is 0 Å². The lowest BCUT2D eigenvalue weighted by Gasteiger charge is -1.90. The van der Waals surface area contributed by atoms with Crippen LogP contribution >= 0.6 is 0 Å². The minimum Gasteiger partial charge on any atom is -0.478 e. The number of ether oxygens (including phenoxy) is 1. The Balaban J connectivity index is 2.70. The summed E-state index contributed by atoms with van der Waals surface area (Å²) in [5.41, 5.74) is 0. The normalized spacial score (nSPS) is 19.6. The van der Waals surface area contributed by atoms with Crippen molar-refractivity contribution in [2.45, 2.75) is 0 Å². The third kappa shape index (κ3) is 1.45. The van der Waals surface area contributed by atoms with Gasteiger partial charge in [0.15, 0.2) is 0 Å². The fourth-order valence-corrected chi connectivity index (χ4v) is 0.534. The summed E-state index contributed by atoms with van der Waals surface area (Å²) in [6, 6.07) is 0. The average molecular weight is 140 g/mol. The molecule has 1 rings (SSSR count). The number of carboxylic acids is 1. The molecule has 0 aromatic heterocycles. The molecule has 1 aliphatic heterocycles. The molecule has 0 fully saturated rings. The molecule has 0 saturated heterocycles. The summed E-state index contributed by atoms with van der Waals surface area (Å²) < 4.78 is 4.40. The molecular formula is C6H4O4. The molecule has 0 bridgehead atoms. The van der Waals surface area contributed by atoms with E-state index >= 15 is 0 Å². The van der Waals surface area contributed by atoms with Gasteiger partial charge in [-0.25, -0.2) is 9.59 Å². The lowest BCUT2D eigenvalue weighted by Crippen LogP contribution is -1.94. The fourth-order valence-electron chi connectivity index (χ4n) is 0.534. The summed E-state index contributed by atoms with van der Waals surface area (Å²) >= 11 is 0. The second-order valence-corrected chi connectivity index (χ2v) is 1.64. The summed E-state index contributed by atoms with van der Waals surface area (Å²) in [5, 5.41) is 8.16. The molecular weight excluding hydrogens is 136 g/mol. The molecule has 0 aromatic rings. The van der Waals surface area contributed by atoms with Crippen molar-refractivity contribution in [2.24, 2.45) is 0 Å². The van der Waals surface area contributed by atoms with Gasteiger partial charge < -0.3 is 9.84 Å². The van der Waals surface area contributed by atoms with E-state index in [1.165, 1.54) is 6.08 Å². The highest BCUT2D eigenvalue weighted by atomic mass is 16.5. The number of carboxylic acid groups (broad SMARTS) is 1. The number of esters is 1. The molecule has 0 spiro atoms. The third-order valence-electron chi connectivity index (χ3n) is 0.868. The van der Waals surface area contributed by atoms with Crippen LogP contribution in [0.4, 0.5) is 0 Å². The molecule has 0 saturated carbocycles. The number of rotatable bonds is 1. The quantitative estimate of drug-likeness (QED) is 0.413. The Morgan fingerprint density at radius 2 is 2.30 bits per heavy atom. The number of carbonyl (C=O) groups is 2. The maximum atomic E-state index is 10.3. The predicted octanol–water partition coefficient (Wildman–Crippen LogP) is 0.0679. The van der Waals surface area contributed by atoms with E-state index in [0.29, 0.717) is 0 Å². The van der Waals surface area contributed by atoms with E-state index in [1.807, 2.05) is 0 Å². The van der Waals surface area contributed by atoms with Crippen LogP contribution in [-0.2, 0) is 14.3 Å². The van der Waals surface area contributed by atoms with Crippen LogP contribution in [0.25, 0.3) is 0 Å². The van der Waals surface area contributed by atoms with E-state index in [9.17, 15) is 9.59 Å². The lowest BCUT2D eigenvalue weighted by atomic mass is 10.4. The monoisotopic (exact) mass is 140 g/mol. The van der Waals surface area contributed by atoms with Crippen molar-refractivity contribution in [1.82, 2.24) is 0 Å². The maximum absolute atomic E-state index is 10.3. The highest BCUT2D eigenvalue weighted by Crippen LogP contribution is 2.07. The number of hydrogen-bond acceptors (Lipinski definition) is 3. The van der Waals surface area contributed by atoms with Gasteiger partial charge in [-0.15, -0.1) is 0 Å². The van der Waals surface area contributed by atoms with E-state index in [-0.39, 0.29) is 5.76 Å². The van der Waals surface area contributed by atoms with Gasteiger partial charge in [0.25, 0.3) is 0 Å². The van der Waals surface area contributed by atoms with Crippen LogP contribution in [0.2, 0.25) is 0 Å². The first-order valence-corrected chi connectivity index (χ1v) is 2.53. The Morgan fingerprint density at radius 1 is 1.60 bits per heavy atom. The van der Waals surface area contributed by atoms with Gasteiger partial charge in [0.2, 0.25) is 0 Å². The fraction of sp³-hybridized carbons (Fsp3) is 0. The van der Waals surface area contributed by atoms with Crippen LogP contribution in [0.15, 0.2) is 24.0 Å². The van der Waals surface area contributed by atoms with Gasteiger partial charge in [0.1, 0.15) is 5.76 Å². The minimum atomic E-state index is -1.13. The van der Waals surface area contributed by atoms with E-state index < -0.39 is 11.9 Å². The summed E-state index contributed by atoms with van der Waals surface area (Å²) in [6.45, 7) is 0. The molecule has 4 nitrogen and oxygen atoms in total. The number of aliphatic carboxylic acids is 1. The molecule has 0 aliphatic carbocycles. The molecule has 0 unspecified atom stereocenters. The van der Waals surface area contributed by atoms with Crippen LogP contribution in [-0.4, -0.2) is 17.0 Å². The van der Waals surface area contributed by atoms with Crippen molar-refractivity contribution in [2.75, 3.05) is 0 Å². The topological polar surface area (TPSA) is 63.6 Å². The molecule has 4 heteroatoms. The summed E-state index contributed by atoms with van der Waals surface area (Å²) in [4.78, 5) is 20.3. The number of hydrogen-bond donors (Lipinski definition) is 1. The van der Waals surface area contributed by atoms with E-state index in [2.05, 4.69) is 4.74 Å². The molecule has 1 N–H and O–H groups in total. The zero-order valence-corrected chi connectivity index (χ0v) is 4.90. The van der Waals surface area contributed by atoms with Gasteiger partial charge in [0, 0.05) is 6.08 Å². The largest absolute Gasteiger partial charge is 0.478 e.